The molecule has 1 saturated carbocycles. The summed E-state index contributed by atoms with van der Waals surface area (Å²) in [6, 6.07) is 12.1. The summed E-state index contributed by atoms with van der Waals surface area (Å²) in [7, 11) is 0. The molecule has 0 bridgehead atoms. The van der Waals surface area contributed by atoms with Crippen LogP contribution in [0.15, 0.2) is 48.5 Å². The van der Waals surface area contributed by atoms with Gasteiger partial charge in [-0.1, -0.05) is 18.2 Å². The predicted octanol–water partition coefficient (Wildman–Crippen LogP) is 3.88. The van der Waals surface area contributed by atoms with E-state index in [2.05, 4.69) is 20.8 Å². The number of hydrogen-bond donors (Lipinski definition) is 1. The van der Waals surface area contributed by atoms with Gasteiger partial charge >= 0.3 is 6.18 Å². The number of hydrogen-bond acceptors (Lipinski definition) is 4. The van der Waals surface area contributed by atoms with Crippen molar-refractivity contribution in [1.82, 2.24) is 20.2 Å². The average Bonchev–Trinajstić information content (AvgIpc) is 3.38. The standard InChI is InChI=1S/C19H16F3N5O/c20-19(21,22)14-3-1-2-12(10-14)11-17(28)23-15-6-4-13(5-7-15)18-24-25-26-27(18)16-8-9-16/h1-7,10,16H,8-9,11H2,(H,23,28). The third kappa shape index (κ3) is 4.03. The SMILES string of the molecule is O=C(Cc1cccc(C(F)(F)F)c1)Nc1ccc(-c2nnnn2C2CC2)cc1. The summed E-state index contributed by atoms with van der Waals surface area (Å²) in [6.07, 6.45) is -2.47. The Morgan fingerprint density at radius 2 is 1.89 bits per heavy atom. The lowest BCUT2D eigenvalue weighted by Crippen LogP contribution is -2.15. The van der Waals surface area contributed by atoms with E-state index < -0.39 is 17.6 Å². The second kappa shape index (κ2) is 7.06. The first-order valence-corrected chi connectivity index (χ1v) is 8.74. The van der Waals surface area contributed by atoms with Crippen LogP contribution < -0.4 is 5.32 Å². The Morgan fingerprint density at radius 1 is 1.14 bits per heavy atom. The Labute approximate surface area is 158 Å². The van der Waals surface area contributed by atoms with Gasteiger partial charge in [-0.15, -0.1) is 5.10 Å². The number of tetrazole rings is 1. The van der Waals surface area contributed by atoms with Crippen molar-refractivity contribution < 1.29 is 18.0 Å². The number of halogens is 3. The molecule has 1 heterocycles. The molecule has 0 saturated heterocycles. The van der Waals surface area contributed by atoms with Crippen LogP contribution in [0, 0.1) is 0 Å². The molecule has 28 heavy (non-hydrogen) atoms. The maximum atomic E-state index is 12.8. The molecule has 1 N–H and O–H groups in total. The lowest BCUT2D eigenvalue weighted by Gasteiger charge is -2.09. The highest BCUT2D eigenvalue weighted by Gasteiger charge is 2.30. The molecule has 0 spiro atoms. The summed E-state index contributed by atoms with van der Waals surface area (Å²) in [5.41, 5.74) is 0.905. The van der Waals surface area contributed by atoms with E-state index in [9.17, 15) is 18.0 Å². The Hall–Kier alpha value is -3.23. The van der Waals surface area contributed by atoms with Crippen LogP contribution in [0.5, 0.6) is 0 Å². The Kier molecular flexibility index (Phi) is 4.58. The number of aromatic nitrogens is 4. The number of nitrogens with one attached hydrogen (secondary N) is 1. The quantitative estimate of drug-likeness (QED) is 0.721. The first-order chi connectivity index (χ1) is 13.4. The van der Waals surface area contributed by atoms with Crippen molar-refractivity contribution in [3.63, 3.8) is 0 Å². The highest BCUT2D eigenvalue weighted by atomic mass is 19.4. The van der Waals surface area contributed by atoms with Gasteiger partial charge in [0.15, 0.2) is 5.82 Å². The maximum absolute atomic E-state index is 12.8. The number of benzene rings is 2. The second-order valence-corrected chi connectivity index (χ2v) is 6.68. The fourth-order valence-electron chi connectivity index (χ4n) is 2.90. The number of anilines is 1. The van der Waals surface area contributed by atoms with Gasteiger partial charge in [0.25, 0.3) is 0 Å². The van der Waals surface area contributed by atoms with Gasteiger partial charge in [0, 0.05) is 11.3 Å². The summed E-state index contributed by atoms with van der Waals surface area (Å²) >= 11 is 0. The molecule has 6 nitrogen and oxygen atoms in total. The first-order valence-electron chi connectivity index (χ1n) is 8.74. The minimum Gasteiger partial charge on any atom is -0.326 e. The van der Waals surface area contributed by atoms with Crippen molar-refractivity contribution in [2.75, 3.05) is 5.32 Å². The third-order valence-electron chi connectivity index (χ3n) is 4.43. The van der Waals surface area contributed by atoms with Crippen molar-refractivity contribution in [3.8, 4) is 11.4 Å². The summed E-state index contributed by atoms with van der Waals surface area (Å²) < 4.78 is 40.1. The Bertz CT molecular complexity index is 993. The minimum atomic E-state index is -4.43. The molecule has 1 amide bonds. The average molecular weight is 387 g/mol. The van der Waals surface area contributed by atoms with Crippen molar-refractivity contribution >= 4 is 11.6 Å². The number of rotatable bonds is 5. The van der Waals surface area contributed by atoms with Crippen molar-refractivity contribution in [3.05, 3.63) is 59.7 Å². The highest BCUT2D eigenvalue weighted by Crippen LogP contribution is 2.36. The number of carbonyl (C=O) groups excluding carboxylic acids is 1. The van der Waals surface area contributed by atoms with E-state index in [1.54, 1.807) is 28.9 Å². The molecule has 0 atom stereocenters. The first kappa shape index (κ1) is 18.1. The largest absolute Gasteiger partial charge is 0.416 e. The minimum absolute atomic E-state index is 0.147. The van der Waals surface area contributed by atoms with Crippen molar-refractivity contribution in [1.29, 1.82) is 0 Å². The molecule has 0 aliphatic heterocycles. The van der Waals surface area contributed by atoms with E-state index in [1.807, 2.05) is 0 Å². The van der Waals surface area contributed by atoms with Crippen LogP contribution in [0.4, 0.5) is 18.9 Å². The maximum Gasteiger partial charge on any atom is 0.416 e. The molecule has 9 heteroatoms. The van der Waals surface area contributed by atoms with Gasteiger partial charge in [0.1, 0.15) is 0 Å². The highest BCUT2D eigenvalue weighted by molar-refractivity contribution is 5.92. The fraction of sp³-hybridized carbons (Fsp3) is 0.263. The lowest BCUT2D eigenvalue weighted by atomic mass is 10.1. The Morgan fingerprint density at radius 3 is 2.57 bits per heavy atom. The lowest BCUT2D eigenvalue weighted by molar-refractivity contribution is -0.137. The van der Waals surface area contributed by atoms with E-state index in [1.165, 1.54) is 12.1 Å². The van der Waals surface area contributed by atoms with Crippen LogP contribution in [0.3, 0.4) is 0 Å². The molecular formula is C19H16F3N5O. The summed E-state index contributed by atoms with van der Waals surface area (Å²) in [5.74, 6) is 0.277. The molecular weight excluding hydrogens is 371 g/mol. The van der Waals surface area contributed by atoms with Crippen LogP contribution in [0.25, 0.3) is 11.4 Å². The van der Waals surface area contributed by atoms with E-state index in [4.69, 9.17) is 0 Å². The van der Waals surface area contributed by atoms with Crippen LogP contribution >= 0.6 is 0 Å². The zero-order valence-electron chi connectivity index (χ0n) is 14.6. The number of amides is 1. The topological polar surface area (TPSA) is 72.7 Å². The smallest absolute Gasteiger partial charge is 0.326 e. The molecule has 0 unspecified atom stereocenters. The summed E-state index contributed by atoms with van der Waals surface area (Å²) in [6.45, 7) is 0. The van der Waals surface area contributed by atoms with E-state index in [0.29, 0.717) is 23.1 Å². The van der Waals surface area contributed by atoms with Gasteiger partial charge in [-0.25, -0.2) is 4.68 Å². The van der Waals surface area contributed by atoms with Crippen LogP contribution in [-0.4, -0.2) is 26.1 Å². The van der Waals surface area contributed by atoms with E-state index in [-0.39, 0.29) is 6.42 Å². The van der Waals surface area contributed by atoms with Gasteiger partial charge in [-0.2, -0.15) is 13.2 Å². The van der Waals surface area contributed by atoms with Gasteiger partial charge in [0.05, 0.1) is 18.0 Å². The monoisotopic (exact) mass is 387 g/mol. The van der Waals surface area contributed by atoms with Gasteiger partial charge < -0.3 is 5.32 Å². The van der Waals surface area contributed by atoms with E-state index >= 15 is 0 Å². The van der Waals surface area contributed by atoms with Crippen LogP contribution in [0.1, 0.15) is 30.0 Å². The zero-order valence-corrected chi connectivity index (χ0v) is 14.6. The van der Waals surface area contributed by atoms with Crippen molar-refractivity contribution in [2.24, 2.45) is 0 Å². The molecule has 1 aromatic heterocycles. The second-order valence-electron chi connectivity index (χ2n) is 6.68. The summed E-state index contributed by atoms with van der Waals surface area (Å²) in [5, 5.41) is 14.5. The predicted molar refractivity (Wildman–Crippen MR) is 95.3 cm³/mol. The third-order valence-corrected chi connectivity index (χ3v) is 4.43. The van der Waals surface area contributed by atoms with Crippen LogP contribution in [0.2, 0.25) is 0 Å². The fourth-order valence-corrected chi connectivity index (χ4v) is 2.90. The molecule has 0 radical (unpaired) electrons. The van der Waals surface area contributed by atoms with Gasteiger partial charge in [0.2, 0.25) is 5.91 Å². The molecule has 1 aliphatic carbocycles. The van der Waals surface area contributed by atoms with Crippen molar-refractivity contribution in [2.45, 2.75) is 31.5 Å². The van der Waals surface area contributed by atoms with E-state index in [0.717, 1.165) is 30.5 Å². The molecule has 2 aromatic carbocycles. The molecule has 3 aromatic rings. The molecule has 1 aliphatic rings. The normalized spacial score (nSPS) is 14.1. The van der Waals surface area contributed by atoms with Gasteiger partial charge in [-0.3, -0.25) is 4.79 Å². The van der Waals surface area contributed by atoms with Gasteiger partial charge in [-0.05, 0) is 59.2 Å². The molecule has 1 fully saturated rings. The summed E-state index contributed by atoms with van der Waals surface area (Å²) in [4.78, 5) is 12.2. The molecule has 4 rings (SSSR count). The zero-order chi connectivity index (χ0) is 19.7. The molecule has 144 valence electrons. The number of carbonyl (C=O) groups is 1. The Balaban J connectivity index is 1.42. The number of nitrogens with zero attached hydrogens (tertiary/aromatic N) is 4. The number of alkyl halides is 3. The van der Waals surface area contributed by atoms with Crippen LogP contribution in [-0.2, 0) is 17.4 Å².